The van der Waals surface area contributed by atoms with Crippen LogP contribution in [0.25, 0.3) is 0 Å². The number of nitrogens with zero attached hydrogens (tertiary/aromatic N) is 2. The summed E-state index contributed by atoms with van der Waals surface area (Å²) in [5.41, 5.74) is 2.11. The lowest BCUT2D eigenvalue weighted by atomic mass is 10.2. The zero-order chi connectivity index (χ0) is 12.4. The average Bonchev–Trinajstić information content (AvgIpc) is 2.97. The van der Waals surface area contributed by atoms with Crippen molar-refractivity contribution < 1.29 is 0 Å². The smallest absolute Gasteiger partial charge is 0.144 e. The van der Waals surface area contributed by atoms with Gasteiger partial charge in [0.1, 0.15) is 11.9 Å². The van der Waals surface area contributed by atoms with Crippen LogP contribution in [0.15, 0.2) is 24.4 Å². The molecule has 0 unspecified atom stereocenters. The van der Waals surface area contributed by atoms with Crippen LogP contribution < -0.4 is 5.32 Å². The summed E-state index contributed by atoms with van der Waals surface area (Å²) in [5.74, 6) is 0.675. The minimum absolute atomic E-state index is 0.599. The lowest BCUT2D eigenvalue weighted by Crippen LogP contribution is -2.01. The van der Waals surface area contributed by atoms with Gasteiger partial charge in [0.15, 0.2) is 0 Å². The van der Waals surface area contributed by atoms with Gasteiger partial charge in [-0.15, -0.1) is 11.3 Å². The molecule has 0 saturated carbocycles. The van der Waals surface area contributed by atoms with Crippen molar-refractivity contribution in [3.05, 3.63) is 45.3 Å². The molecule has 0 amide bonds. The molecular weight excluding hydrogens is 242 g/mol. The topological polar surface area (TPSA) is 48.7 Å². The van der Waals surface area contributed by atoms with Crippen molar-refractivity contribution in [2.75, 3.05) is 5.32 Å². The minimum Gasteiger partial charge on any atom is -0.364 e. The normalized spacial score (nSPS) is 13.1. The van der Waals surface area contributed by atoms with Crippen molar-refractivity contribution in [2.45, 2.75) is 25.8 Å². The molecule has 2 aromatic rings. The first-order valence-corrected chi connectivity index (χ1v) is 6.88. The number of nitrogens with one attached hydrogen (secondary N) is 1. The van der Waals surface area contributed by atoms with Crippen LogP contribution in [0.1, 0.15) is 27.3 Å². The van der Waals surface area contributed by atoms with E-state index in [1.165, 1.54) is 34.6 Å². The first-order valence-electron chi connectivity index (χ1n) is 6.06. The van der Waals surface area contributed by atoms with Crippen molar-refractivity contribution in [1.82, 2.24) is 4.98 Å². The monoisotopic (exact) mass is 255 g/mol. The van der Waals surface area contributed by atoms with Crippen molar-refractivity contribution in [2.24, 2.45) is 0 Å². The molecule has 1 N–H and O–H groups in total. The molecular formula is C14H13N3S. The van der Waals surface area contributed by atoms with Gasteiger partial charge in [-0.05, 0) is 43.0 Å². The van der Waals surface area contributed by atoms with Crippen molar-refractivity contribution in [1.29, 1.82) is 5.26 Å². The van der Waals surface area contributed by atoms with Crippen LogP contribution in [-0.2, 0) is 19.4 Å². The molecule has 4 heteroatoms. The number of hydrogen-bond donors (Lipinski definition) is 1. The number of fused-ring (bicyclic) bond motifs is 1. The Labute approximate surface area is 110 Å². The molecule has 0 atom stereocenters. The molecule has 2 aromatic heterocycles. The number of aromatic nitrogens is 1. The Morgan fingerprint density at radius 3 is 3.22 bits per heavy atom. The van der Waals surface area contributed by atoms with Crippen LogP contribution >= 0.6 is 11.3 Å². The first kappa shape index (κ1) is 11.2. The van der Waals surface area contributed by atoms with Gasteiger partial charge >= 0.3 is 0 Å². The Morgan fingerprint density at radius 2 is 2.39 bits per heavy atom. The summed E-state index contributed by atoms with van der Waals surface area (Å²) >= 11 is 1.88. The molecule has 0 aliphatic heterocycles. The van der Waals surface area contributed by atoms with Crippen molar-refractivity contribution in [3.63, 3.8) is 0 Å². The Balaban J connectivity index is 1.72. The van der Waals surface area contributed by atoms with Crippen LogP contribution in [0.4, 0.5) is 5.82 Å². The summed E-state index contributed by atoms with van der Waals surface area (Å²) in [6.45, 7) is 0.753. The first-order chi connectivity index (χ1) is 8.86. The molecule has 0 bridgehead atoms. The second kappa shape index (κ2) is 4.79. The van der Waals surface area contributed by atoms with E-state index in [0.29, 0.717) is 11.4 Å². The van der Waals surface area contributed by atoms with E-state index in [1.807, 2.05) is 11.3 Å². The Morgan fingerprint density at radius 1 is 1.44 bits per heavy atom. The number of hydrogen-bond acceptors (Lipinski definition) is 4. The molecule has 0 saturated heterocycles. The fourth-order valence-electron chi connectivity index (χ4n) is 2.28. The van der Waals surface area contributed by atoms with Gasteiger partial charge in [-0.2, -0.15) is 5.26 Å². The van der Waals surface area contributed by atoms with Crippen LogP contribution in [0, 0.1) is 11.3 Å². The molecule has 18 heavy (non-hydrogen) atoms. The summed E-state index contributed by atoms with van der Waals surface area (Å²) in [6.07, 6.45) is 5.46. The van der Waals surface area contributed by atoms with Gasteiger partial charge in [0.2, 0.25) is 0 Å². The largest absolute Gasteiger partial charge is 0.364 e. The SMILES string of the molecule is N#Cc1cccnc1NCc1cc2c(s1)CCC2. The van der Waals surface area contributed by atoms with E-state index in [9.17, 15) is 0 Å². The molecule has 3 rings (SSSR count). The van der Waals surface area contributed by atoms with E-state index in [4.69, 9.17) is 5.26 Å². The number of rotatable bonds is 3. The van der Waals surface area contributed by atoms with E-state index in [-0.39, 0.29) is 0 Å². The quantitative estimate of drug-likeness (QED) is 0.916. The Bertz CT molecular complexity index is 588. The van der Waals surface area contributed by atoms with Gasteiger partial charge in [0, 0.05) is 16.0 Å². The van der Waals surface area contributed by atoms with E-state index < -0.39 is 0 Å². The van der Waals surface area contributed by atoms with E-state index in [2.05, 4.69) is 22.4 Å². The molecule has 1 aliphatic carbocycles. The second-order valence-electron chi connectivity index (χ2n) is 4.38. The lowest BCUT2D eigenvalue weighted by molar-refractivity contribution is 0.913. The standard InChI is InChI=1S/C14H13N3S/c15-8-11-4-2-6-16-14(11)17-9-12-7-10-3-1-5-13(10)18-12/h2,4,6-7H,1,3,5,9H2,(H,16,17). The van der Waals surface area contributed by atoms with Crippen molar-refractivity contribution in [3.8, 4) is 6.07 Å². The predicted molar refractivity (Wildman–Crippen MR) is 72.6 cm³/mol. The maximum Gasteiger partial charge on any atom is 0.144 e. The van der Waals surface area contributed by atoms with Gasteiger partial charge in [0.25, 0.3) is 0 Å². The summed E-state index contributed by atoms with van der Waals surface area (Å²) in [6, 6.07) is 8.00. The fraction of sp³-hybridized carbons (Fsp3) is 0.286. The summed E-state index contributed by atoms with van der Waals surface area (Å²) in [7, 11) is 0. The molecule has 1 aliphatic rings. The van der Waals surface area contributed by atoms with E-state index in [0.717, 1.165) is 6.54 Å². The molecule has 2 heterocycles. The van der Waals surface area contributed by atoms with Crippen molar-refractivity contribution >= 4 is 17.2 Å². The van der Waals surface area contributed by atoms with Gasteiger partial charge < -0.3 is 5.32 Å². The highest BCUT2D eigenvalue weighted by atomic mass is 32.1. The third kappa shape index (κ3) is 2.09. The Kier molecular flexibility index (Phi) is 2.99. The molecule has 90 valence electrons. The third-order valence-electron chi connectivity index (χ3n) is 3.16. The summed E-state index contributed by atoms with van der Waals surface area (Å²) < 4.78 is 0. The molecule has 0 radical (unpaired) electrons. The van der Waals surface area contributed by atoms with Crippen LogP contribution in [-0.4, -0.2) is 4.98 Å². The van der Waals surface area contributed by atoms with Gasteiger partial charge in [0.05, 0.1) is 12.1 Å². The maximum absolute atomic E-state index is 8.98. The highest BCUT2D eigenvalue weighted by Gasteiger charge is 2.14. The number of pyridine rings is 1. The zero-order valence-electron chi connectivity index (χ0n) is 9.94. The summed E-state index contributed by atoms with van der Waals surface area (Å²) in [4.78, 5) is 7.06. The minimum atomic E-state index is 0.599. The third-order valence-corrected chi connectivity index (χ3v) is 4.39. The van der Waals surface area contributed by atoms with Gasteiger partial charge in [-0.1, -0.05) is 0 Å². The lowest BCUT2D eigenvalue weighted by Gasteiger charge is -2.04. The van der Waals surface area contributed by atoms with Gasteiger partial charge in [-0.25, -0.2) is 4.98 Å². The van der Waals surface area contributed by atoms with E-state index in [1.54, 1.807) is 18.3 Å². The zero-order valence-corrected chi connectivity index (χ0v) is 10.8. The number of nitriles is 1. The Hall–Kier alpha value is -1.86. The fourth-order valence-corrected chi connectivity index (χ4v) is 3.49. The van der Waals surface area contributed by atoms with Crippen LogP contribution in [0.2, 0.25) is 0 Å². The molecule has 0 fully saturated rings. The molecule has 0 aromatic carbocycles. The van der Waals surface area contributed by atoms with Crippen LogP contribution in [0.5, 0.6) is 0 Å². The van der Waals surface area contributed by atoms with E-state index >= 15 is 0 Å². The predicted octanol–water partition coefficient (Wildman–Crippen LogP) is 3.12. The number of aryl methyl sites for hydroxylation is 2. The molecule has 0 spiro atoms. The molecule has 3 nitrogen and oxygen atoms in total. The average molecular weight is 255 g/mol. The summed E-state index contributed by atoms with van der Waals surface area (Å²) in [5, 5.41) is 12.2. The van der Waals surface area contributed by atoms with Crippen LogP contribution in [0.3, 0.4) is 0 Å². The maximum atomic E-state index is 8.98. The highest BCUT2D eigenvalue weighted by Crippen LogP contribution is 2.30. The second-order valence-corrected chi connectivity index (χ2v) is 5.60. The number of anilines is 1. The number of thiophene rings is 1. The van der Waals surface area contributed by atoms with Gasteiger partial charge in [-0.3, -0.25) is 0 Å². The highest BCUT2D eigenvalue weighted by molar-refractivity contribution is 7.12.